The molecular formula is C6H2ClFN3O2+. The number of nitrogens with zero attached hydrogens (tertiary/aromatic N) is 3. The zero-order valence-electron chi connectivity index (χ0n) is 6.07. The van der Waals surface area contributed by atoms with Crippen molar-refractivity contribution in [1.82, 2.24) is 0 Å². The number of rotatable bonds is 1. The third-order valence-electron chi connectivity index (χ3n) is 1.32. The third-order valence-corrected chi connectivity index (χ3v) is 1.61. The van der Waals surface area contributed by atoms with Crippen molar-refractivity contribution in [3.8, 4) is 0 Å². The van der Waals surface area contributed by atoms with Crippen LogP contribution in [-0.4, -0.2) is 4.92 Å². The number of hydrogen-bond donors (Lipinski definition) is 0. The maximum absolute atomic E-state index is 12.7. The molecule has 0 aliphatic heterocycles. The Kier molecular flexibility index (Phi) is 2.39. The lowest BCUT2D eigenvalue weighted by Gasteiger charge is -1.90. The number of halogens is 2. The van der Waals surface area contributed by atoms with E-state index in [4.69, 9.17) is 17.0 Å². The molecule has 0 radical (unpaired) electrons. The first-order chi connectivity index (χ1) is 6.06. The van der Waals surface area contributed by atoms with Gasteiger partial charge in [-0.05, 0) is 0 Å². The average molecular weight is 203 g/mol. The van der Waals surface area contributed by atoms with Gasteiger partial charge in [-0.2, -0.15) is 0 Å². The molecule has 13 heavy (non-hydrogen) atoms. The number of hydrogen-bond acceptors (Lipinski definition) is 3. The van der Waals surface area contributed by atoms with Crippen molar-refractivity contribution in [1.29, 1.82) is 5.39 Å². The predicted octanol–water partition coefficient (Wildman–Crippen LogP) is 2.87. The van der Waals surface area contributed by atoms with Gasteiger partial charge in [-0.25, -0.2) is 4.39 Å². The average Bonchev–Trinajstić information content (AvgIpc) is 2.08. The van der Waals surface area contributed by atoms with Crippen LogP contribution in [-0.2, 0) is 0 Å². The summed E-state index contributed by atoms with van der Waals surface area (Å²) in [4.78, 5) is 12.0. The molecule has 7 heteroatoms. The molecule has 0 bridgehead atoms. The van der Waals surface area contributed by atoms with Gasteiger partial charge in [0.1, 0.15) is 5.82 Å². The molecule has 0 saturated heterocycles. The van der Waals surface area contributed by atoms with E-state index >= 15 is 0 Å². The van der Waals surface area contributed by atoms with Crippen molar-refractivity contribution in [2.24, 2.45) is 0 Å². The molecule has 1 aromatic rings. The van der Waals surface area contributed by atoms with Crippen LogP contribution in [0, 0.1) is 21.3 Å². The molecule has 0 saturated carbocycles. The highest BCUT2D eigenvalue weighted by Crippen LogP contribution is 2.32. The molecule has 0 N–H and O–H groups in total. The van der Waals surface area contributed by atoms with E-state index < -0.39 is 22.1 Å². The molecule has 0 aliphatic rings. The lowest BCUT2D eigenvalue weighted by Crippen LogP contribution is -1.89. The minimum Gasteiger partial charge on any atom is -0.258 e. The van der Waals surface area contributed by atoms with Gasteiger partial charge < -0.3 is 0 Å². The standard InChI is InChI=1S/C6H2ClFN3O2/c7-3-1-6(11(12)13)5(10-9)2-4(3)8/h1-2H/q+1. The second-order valence-corrected chi connectivity index (χ2v) is 2.52. The van der Waals surface area contributed by atoms with Crippen molar-refractivity contribution >= 4 is 23.0 Å². The van der Waals surface area contributed by atoms with Crippen LogP contribution >= 0.6 is 11.6 Å². The Morgan fingerprint density at radius 1 is 1.62 bits per heavy atom. The summed E-state index contributed by atoms with van der Waals surface area (Å²) >= 11 is 5.28. The molecule has 5 nitrogen and oxygen atoms in total. The van der Waals surface area contributed by atoms with E-state index in [9.17, 15) is 14.5 Å². The first kappa shape index (κ1) is 9.35. The van der Waals surface area contributed by atoms with Crippen molar-refractivity contribution in [3.63, 3.8) is 0 Å². The summed E-state index contributed by atoms with van der Waals surface area (Å²) in [5.74, 6) is -0.875. The Labute approximate surface area is 76.5 Å². The lowest BCUT2D eigenvalue weighted by molar-refractivity contribution is -0.383. The molecule has 0 aromatic heterocycles. The van der Waals surface area contributed by atoms with E-state index in [1.807, 2.05) is 0 Å². The first-order valence-corrected chi connectivity index (χ1v) is 3.42. The van der Waals surface area contributed by atoms with Gasteiger partial charge in [-0.15, -0.1) is 0 Å². The lowest BCUT2D eigenvalue weighted by atomic mass is 10.2. The van der Waals surface area contributed by atoms with Crippen LogP contribution in [0.1, 0.15) is 0 Å². The fourth-order valence-corrected chi connectivity index (χ4v) is 0.910. The Bertz CT molecular complexity index is 415. The second-order valence-electron chi connectivity index (χ2n) is 2.11. The number of benzene rings is 1. The molecule has 0 aliphatic carbocycles. The number of nitro benzene ring substituents is 1. The largest absolute Gasteiger partial charge is 0.464 e. The maximum Gasteiger partial charge on any atom is 0.464 e. The van der Waals surface area contributed by atoms with Crippen molar-refractivity contribution in [3.05, 3.63) is 38.1 Å². The summed E-state index contributed by atoms with van der Waals surface area (Å²) < 4.78 is 12.7. The van der Waals surface area contributed by atoms with Gasteiger partial charge in [0.2, 0.25) is 5.39 Å². The SMILES string of the molecule is N#[N+]c1cc(F)c(Cl)cc1[N+](=O)[O-]. The summed E-state index contributed by atoms with van der Waals surface area (Å²) in [7, 11) is 0. The van der Waals surface area contributed by atoms with Crippen LogP contribution in [0.15, 0.2) is 12.1 Å². The van der Waals surface area contributed by atoms with E-state index in [1.54, 1.807) is 0 Å². The normalized spacial score (nSPS) is 9.31. The van der Waals surface area contributed by atoms with Gasteiger partial charge >= 0.3 is 11.4 Å². The first-order valence-electron chi connectivity index (χ1n) is 3.05. The highest BCUT2D eigenvalue weighted by atomic mass is 35.5. The molecule has 0 heterocycles. The van der Waals surface area contributed by atoms with Crippen LogP contribution in [0.5, 0.6) is 0 Å². The fourth-order valence-electron chi connectivity index (χ4n) is 0.752. The van der Waals surface area contributed by atoms with Crippen LogP contribution in [0.3, 0.4) is 0 Å². The zero-order valence-corrected chi connectivity index (χ0v) is 6.82. The van der Waals surface area contributed by atoms with Crippen LogP contribution in [0.4, 0.5) is 15.8 Å². The van der Waals surface area contributed by atoms with E-state index in [1.165, 1.54) is 0 Å². The van der Waals surface area contributed by atoms with Gasteiger partial charge in [0.25, 0.3) is 0 Å². The van der Waals surface area contributed by atoms with Crippen LogP contribution in [0.2, 0.25) is 5.02 Å². The third kappa shape index (κ3) is 1.71. The van der Waals surface area contributed by atoms with E-state index in [2.05, 4.69) is 4.98 Å². The molecular weight excluding hydrogens is 201 g/mol. The van der Waals surface area contributed by atoms with Crippen molar-refractivity contribution < 1.29 is 9.31 Å². The van der Waals surface area contributed by atoms with Crippen molar-refractivity contribution in [2.75, 3.05) is 0 Å². The smallest absolute Gasteiger partial charge is 0.258 e. The van der Waals surface area contributed by atoms with Crippen LogP contribution in [0.25, 0.3) is 4.98 Å². The molecule has 0 spiro atoms. The Hall–Kier alpha value is -1.74. The summed E-state index contributed by atoms with van der Waals surface area (Å²) in [6, 6.07) is 1.46. The molecule has 66 valence electrons. The van der Waals surface area contributed by atoms with Gasteiger partial charge in [0, 0.05) is 6.07 Å². The molecule has 0 amide bonds. The Balaban J connectivity index is 3.44. The van der Waals surface area contributed by atoms with Gasteiger partial charge in [-0.3, -0.25) is 10.1 Å². The predicted molar refractivity (Wildman–Crippen MR) is 42.8 cm³/mol. The zero-order chi connectivity index (χ0) is 10.0. The molecule has 0 unspecified atom stereocenters. The highest BCUT2D eigenvalue weighted by molar-refractivity contribution is 6.31. The van der Waals surface area contributed by atoms with E-state index in [-0.39, 0.29) is 5.02 Å². The fraction of sp³-hybridized carbons (Fsp3) is 0. The van der Waals surface area contributed by atoms with Crippen LogP contribution < -0.4 is 0 Å². The maximum atomic E-state index is 12.7. The summed E-state index contributed by atoms with van der Waals surface area (Å²) in [5.41, 5.74) is -1.01. The molecule has 0 atom stereocenters. The van der Waals surface area contributed by atoms with Gasteiger partial charge in [0.05, 0.1) is 16.0 Å². The second kappa shape index (κ2) is 3.33. The number of nitro groups is 1. The topological polar surface area (TPSA) is 71.3 Å². The monoisotopic (exact) mass is 202 g/mol. The number of diazo groups is 1. The molecule has 0 fully saturated rings. The summed E-state index contributed by atoms with van der Waals surface area (Å²) in [5, 5.41) is 18.2. The quantitative estimate of drug-likeness (QED) is 0.399. The minimum absolute atomic E-state index is 0.390. The summed E-state index contributed by atoms with van der Waals surface area (Å²) in [6.07, 6.45) is 0. The van der Waals surface area contributed by atoms with E-state index in [0.29, 0.717) is 6.07 Å². The van der Waals surface area contributed by atoms with Gasteiger partial charge in [0.15, 0.2) is 4.98 Å². The molecule has 1 aromatic carbocycles. The van der Waals surface area contributed by atoms with Gasteiger partial charge in [-0.1, -0.05) is 11.6 Å². The Morgan fingerprint density at radius 3 is 2.69 bits per heavy atom. The molecule has 1 rings (SSSR count). The van der Waals surface area contributed by atoms with Crippen molar-refractivity contribution in [2.45, 2.75) is 0 Å². The Morgan fingerprint density at radius 2 is 2.23 bits per heavy atom. The minimum atomic E-state index is -0.875. The van der Waals surface area contributed by atoms with E-state index in [0.717, 1.165) is 6.07 Å². The highest BCUT2D eigenvalue weighted by Gasteiger charge is 2.27. The summed E-state index contributed by atoms with van der Waals surface area (Å²) in [6.45, 7) is 0.